The summed E-state index contributed by atoms with van der Waals surface area (Å²) < 4.78 is 0. The quantitative estimate of drug-likeness (QED) is 0.430. The zero-order chi connectivity index (χ0) is 24.8. The van der Waals surface area contributed by atoms with Crippen LogP contribution in [-0.2, 0) is 9.59 Å². The van der Waals surface area contributed by atoms with Crippen LogP contribution < -0.4 is 5.56 Å². The first kappa shape index (κ1) is 22.0. The summed E-state index contributed by atoms with van der Waals surface area (Å²) in [4.78, 5) is 40.8. The SMILES string of the molecule is O=C(O)CCC(=O)N1N=C(c2c(-c3ccccc3)c3ccccc3[nH]c2=O)C2C(c3ccccc3)C21. The van der Waals surface area contributed by atoms with Gasteiger partial charge in [0.25, 0.3) is 5.56 Å². The van der Waals surface area contributed by atoms with Gasteiger partial charge in [0, 0.05) is 34.7 Å². The van der Waals surface area contributed by atoms with Crippen LogP contribution in [0.25, 0.3) is 22.0 Å². The molecule has 178 valence electrons. The third-order valence-corrected chi connectivity index (χ3v) is 7.03. The highest BCUT2D eigenvalue weighted by molar-refractivity contribution is 6.15. The Labute approximate surface area is 206 Å². The first-order valence-electron chi connectivity index (χ1n) is 11.9. The molecule has 3 unspecified atom stereocenters. The van der Waals surface area contributed by atoms with Gasteiger partial charge in [0.2, 0.25) is 5.91 Å². The molecule has 3 atom stereocenters. The minimum absolute atomic E-state index is 0.0121. The van der Waals surface area contributed by atoms with Gasteiger partial charge in [-0.3, -0.25) is 14.4 Å². The molecule has 1 aliphatic carbocycles. The van der Waals surface area contributed by atoms with E-state index in [4.69, 9.17) is 5.11 Å². The van der Waals surface area contributed by atoms with Crippen molar-refractivity contribution in [2.45, 2.75) is 24.8 Å². The first-order chi connectivity index (χ1) is 17.5. The van der Waals surface area contributed by atoms with E-state index in [2.05, 4.69) is 10.1 Å². The van der Waals surface area contributed by atoms with Crippen molar-refractivity contribution in [3.63, 3.8) is 0 Å². The Morgan fingerprint density at radius 1 is 0.833 bits per heavy atom. The number of para-hydroxylation sites is 1. The number of nitrogens with one attached hydrogen (secondary N) is 1. The number of hydrogen-bond donors (Lipinski definition) is 2. The maximum Gasteiger partial charge on any atom is 0.303 e. The molecule has 3 aromatic carbocycles. The van der Waals surface area contributed by atoms with Crippen LogP contribution in [-0.4, -0.2) is 38.7 Å². The van der Waals surface area contributed by atoms with Gasteiger partial charge in [0.15, 0.2) is 0 Å². The fraction of sp³-hybridized carbons (Fsp3) is 0.172. The second kappa shape index (κ2) is 8.61. The van der Waals surface area contributed by atoms with Crippen LogP contribution in [0, 0.1) is 5.92 Å². The number of H-pyrrole nitrogens is 1. The number of aromatic nitrogens is 1. The van der Waals surface area contributed by atoms with Gasteiger partial charge >= 0.3 is 5.97 Å². The van der Waals surface area contributed by atoms with E-state index in [1.54, 1.807) is 0 Å². The van der Waals surface area contributed by atoms with Crippen molar-refractivity contribution in [1.29, 1.82) is 0 Å². The summed E-state index contributed by atoms with van der Waals surface area (Å²) in [6.45, 7) is 0. The van der Waals surface area contributed by atoms with E-state index >= 15 is 0 Å². The number of carbonyl (C=O) groups excluding carboxylic acids is 1. The molecule has 2 N–H and O–H groups in total. The lowest BCUT2D eigenvalue weighted by atomic mass is 9.91. The van der Waals surface area contributed by atoms with E-state index in [9.17, 15) is 14.4 Å². The van der Waals surface area contributed by atoms with E-state index in [1.165, 1.54) is 5.01 Å². The van der Waals surface area contributed by atoms with E-state index in [0.29, 0.717) is 11.3 Å². The molecule has 1 aromatic heterocycles. The van der Waals surface area contributed by atoms with Crippen molar-refractivity contribution in [1.82, 2.24) is 9.99 Å². The van der Waals surface area contributed by atoms with Gasteiger partial charge in [0.1, 0.15) is 0 Å². The van der Waals surface area contributed by atoms with Gasteiger partial charge in [-0.2, -0.15) is 5.10 Å². The second-order valence-corrected chi connectivity index (χ2v) is 9.19. The molecule has 1 amide bonds. The monoisotopic (exact) mass is 477 g/mol. The molecule has 0 spiro atoms. The van der Waals surface area contributed by atoms with Crippen LogP contribution in [0.15, 0.2) is 94.8 Å². The van der Waals surface area contributed by atoms with Gasteiger partial charge in [-0.25, -0.2) is 5.01 Å². The van der Waals surface area contributed by atoms with E-state index in [0.717, 1.165) is 27.6 Å². The molecule has 7 heteroatoms. The minimum Gasteiger partial charge on any atom is -0.481 e. The number of nitrogens with zero attached hydrogens (tertiary/aromatic N) is 2. The number of carboxylic acid groups (broad SMARTS) is 1. The zero-order valence-corrected chi connectivity index (χ0v) is 19.3. The van der Waals surface area contributed by atoms with Crippen molar-refractivity contribution in [3.05, 3.63) is 106 Å². The van der Waals surface area contributed by atoms with Crippen LogP contribution in [0.3, 0.4) is 0 Å². The average Bonchev–Trinajstić information content (AvgIpc) is 3.52. The largest absolute Gasteiger partial charge is 0.481 e. The van der Waals surface area contributed by atoms with Crippen molar-refractivity contribution in [2.24, 2.45) is 11.0 Å². The smallest absolute Gasteiger partial charge is 0.303 e. The Morgan fingerprint density at radius 3 is 2.22 bits per heavy atom. The molecule has 1 saturated carbocycles. The topological polar surface area (TPSA) is 103 Å². The normalized spacial score (nSPS) is 20.2. The number of fused-ring (bicyclic) bond motifs is 2. The number of benzene rings is 3. The van der Waals surface area contributed by atoms with Gasteiger partial charge < -0.3 is 10.1 Å². The fourth-order valence-corrected chi connectivity index (χ4v) is 5.42. The van der Waals surface area contributed by atoms with Crippen LogP contribution in [0.5, 0.6) is 0 Å². The number of carboxylic acids is 1. The maximum atomic E-state index is 13.6. The molecule has 36 heavy (non-hydrogen) atoms. The van der Waals surface area contributed by atoms with E-state index in [-0.39, 0.29) is 42.2 Å². The highest BCUT2D eigenvalue weighted by Crippen LogP contribution is 2.57. The van der Waals surface area contributed by atoms with Gasteiger partial charge in [-0.1, -0.05) is 78.9 Å². The van der Waals surface area contributed by atoms with E-state index in [1.807, 2.05) is 84.9 Å². The fourth-order valence-electron chi connectivity index (χ4n) is 5.42. The summed E-state index contributed by atoms with van der Waals surface area (Å²) in [5.41, 5.74) is 4.24. The van der Waals surface area contributed by atoms with Crippen molar-refractivity contribution in [2.75, 3.05) is 0 Å². The van der Waals surface area contributed by atoms with Crippen molar-refractivity contribution >= 4 is 28.5 Å². The predicted molar refractivity (Wildman–Crippen MR) is 137 cm³/mol. The van der Waals surface area contributed by atoms with Crippen LogP contribution in [0.2, 0.25) is 0 Å². The molecule has 0 bridgehead atoms. The van der Waals surface area contributed by atoms with Gasteiger partial charge in [0.05, 0.1) is 23.7 Å². The average molecular weight is 478 g/mol. The summed E-state index contributed by atoms with van der Waals surface area (Å²) in [6, 6.07) is 27.0. The lowest BCUT2D eigenvalue weighted by Gasteiger charge is -2.18. The number of hydrogen-bond acceptors (Lipinski definition) is 4. The lowest BCUT2D eigenvalue weighted by molar-refractivity contribution is -0.141. The maximum absolute atomic E-state index is 13.6. The number of hydrazone groups is 1. The summed E-state index contributed by atoms with van der Waals surface area (Å²) in [6.07, 6.45) is -0.407. The van der Waals surface area contributed by atoms with Crippen molar-refractivity contribution in [3.8, 4) is 11.1 Å². The molecule has 2 aliphatic rings. The Kier molecular flexibility index (Phi) is 5.25. The number of carbonyl (C=O) groups is 2. The van der Waals surface area contributed by atoms with Crippen LogP contribution in [0.1, 0.15) is 29.9 Å². The number of aliphatic carboxylic acids is 1. The predicted octanol–water partition coefficient (Wildman–Crippen LogP) is 4.39. The highest BCUT2D eigenvalue weighted by atomic mass is 16.4. The third-order valence-electron chi connectivity index (χ3n) is 7.03. The molecule has 1 aliphatic heterocycles. The number of pyridine rings is 1. The Morgan fingerprint density at radius 2 is 1.50 bits per heavy atom. The zero-order valence-electron chi connectivity index (χ0n) is 19.3. The first-order valence-corrected chi connectivity index (χ1v) is 11.9. The minimum atomic E-state index is -1.03. The number of rotatable bonds is 6. The molecule has 7 nitrogen and oxygen atoms in total. The molecular formula is C29H23N3O4. The molecule has 2 heterocycles. The standard InChI is InChI=1S/C29H23N3O4/c33-21(15-16-22(34)35)32-28-24(18-11-5-2-6-12-18)25(28)27(31-32)26-23(17-9-3-1-4-10-17)19-13-7-8-14-20(19)30-29(26)36/h1-14,24-25,28H,15-16H2,(H,30,36)(H,34,35). The third kappa shape index (κ3) is 3.60. The Hall–Kier alpha value is -4.52. The molecule has 4 aromatic rings. The Bertz CT molecular complexity index is 1580. The Balaban J connectivity index is 1.54. The second-order valence-electron chi connectivity index (χ2n) is 9.19. The molecular weight excluding hydrogens is 454 g/mol. The number of aromatic amines is 1. The molecule has 6 rings (SSSR count). The summed E-state index contributed by atoms with van der Waals surface area (Å²) in [7, 11) is 0. The molecule has 0 saturated heterocycles. The summed E-state index contributed by atoms with van der Waals surface area (Å²) in [5.74, 6) is -1.54. The van der Waals surface area contributed by atoms with Crippen LogP contribution >= 0.6 is 0 Å². The lowest BCUT2D eigenvalue weighted by Crippen LogP contribution is -2.28. The van der Waals surface area contributed by atoms with Crippen molar-refractivity contribution < 1.29 is 14.7 Å². The van der Waals surface area contributed by atoms with Crippen LogP contribution in [0.4, 0.5) is 0 Å². The van der Waals surface area contributed by atoms with Gasteiger partial charge in [-0.15, -0.1) is 0 Å². The van der Waals surface area contributed by atoms with Gasteiger partial charge in [-0.05, 0) is 17.2 Å². The summed E-state index contributed by atoms with van der Waals surface area (Å²) >= 11 is 0. The summed E-state index contributed by atoms with van der Waals surface area (Å²) in [5, 5.41) is 16.1. The molecule has 1 fully saturated rings. The van der Waals surface area contributed by atoms with E-state index < -0.39 is 5.97 Å². The number of amides is 1. The molecule has 0 radical (unpaired) electrons. The highest BCUT2D eigenvalue weighted by Gasteiger charge is 2.63.